The maximum Gasteiger partial charge on any atom is 2.00 e. The fourth-order valence-corrected chi connectivity index (χ4v) is 0.859. The number of hydrogen-bond acceptors (Lipinski definition) is 2. The molecule has 0 atom stereocenters. The Morgan fingerprint density at radius 3 is 1.86 bits per heavy atom. The Balaban J connectivity index is 0.000000246. The molecular weight excluding hydrogens is 218 g/mol. The van der Waals surface area contributed by atoms with Crippen molar-refractivity contribution in [3.8, 4) is 0 Å². The zero-order valence-electron chi connectivity index (χ0n) is 7.54. The summed E-state index contributed by atoms with van der Waals surface area (Å²) in [7, 11) is 0. The van der Waals surface area contributed by atoms with Gasteiger partial charge in [-0.05, 0) is 11.5 Å². The Bertz CT molecular complexity index is 288. The maximum absolute atomic E-state index is 10.3. The van der Waals surface area contributed by atoms with E-state index in [2.05, 4.69) is 0 Å². The van der Waals surface area contributed by atoms with Crippen molar-refractivity contribution >= 4 is 0 Å². The van der Waals surface area contributed by atoms with E-state index in [4.69, 9.17) is 5.73 Å². The summed E-state index contributed by atoms with van der Waals surface area (Å²) in [4.78, 5) is 0. The molecule has 2 N–H and O–H groups in total. The first kappa shape index (κ1) is 12.7. The molecule has 0 aromatic heterocycles. The van der Waals surface area contributed by atoms with Crippen LogP contribution in [-0.2, 0) is 17.1 Å². The van der Waals surface area contributed by atoms with Crippen LogP contribution in [0.25, 0.3) is 0 Å². The fraction of sp³-hybridized carbons (Fsp3) is 0. The topological polar surface area (TPSA) is 49.1 Å². The zero-order chi connectivity index (χ0) is 9.52. The van der Waals surface area contributed by atoms with Crippen molar-refractivity contribution in [2.45, 2.75) is 0 Å². The van der Waals surface area contributed by atoms with Crippen molar-refractivity contribution < 1.29 is 22.2 Å². The predicted molar refractivity (Wildman–Crippen MR) is 51.5 cm³/mol. The van der Waals surface area contributed by atoms with Gasteiger partial charge in [0.15, 0.2) is 0 Å². The number of nitrogens with two attached hydrogens (primary N) is 1. The minimum Gasteiger partial charge on any atom is -0.860 e. The molecule has 0 radical (unpaired) electrons. The second kappa shape index (κ2) is 7.13. The van der Waals surface area contributed by atoms with Crippen LogP contribution in [0.3, 0.4) is 0 Å². The van der Waals surface area contributed by atoms with Gasteiger partial charge in [-0.2, -0.15) is 18.2 Å². The molecule has 0 saturated heterocycles. The Morgan fingerprint density at radius 1 is 1.14 bits per heavy atom. The van der Waals surface area contributed by atoms with Crippen molar-refractivity contribution in [2.24, 2.45) is 5.73 Å². The van der Waals surface area contributed by atoms with Gasteiger partial charge in [-0.3, -0.25) is 0 Å². The second-order valence-corrected chi connectivity index (χ2v) is 2.50. The zero-order valence-corrected chi connectivity index (χ0v) is 8.64. The standard InChI is InChI=1S/C6H7NO.C5H5.Fe/c7-6(8)5-3-1-2-4-5;1-2-4-5-3-1;/h1-4,8H,7H2;1-5H;/q;-1;+2/p-1. The predicted octanol–water partition coefficient (Wildman–Crippen LogP) is 1.05. The molecule has 0 saturated carbocycles. The Hall–Kier alpha value is -1.31. The van der Waals surface area contributed by atoms with Gasteiger partial charge < -0.3 is 10.8 Å². The van der Waals surface area contributed by atoms with Gasteiger partial charge in [-0.15, -0.1) is 0 Å². The van der Waals surface area contributed by atoms with Gasteiger partial charge >= 0.3 is 17.1 Å². The minimum absolute atomic E-state index is 0. The summed E-state index contributed by atoms with van der Waals surface area (Å²) in [5.74, 6) is -0.366. The normalized spacial score (nSPS) is 11.6. The molecule has 0 bridgehead atoms. The molecule has 0 fully saturated rings. The fourth-order valence-electron chi connectivity index (χ4n) is 0.859. The van der Waals surface area contributed by atoms with Crippen molar-refractivity contribution in [3.63, 3.8) is 0 Å². The van der Waals surface area contributed by atoms with Crippen LogP contribution in [0.1, 0.15) is 0 Å². The van der Waals surface area contributed by atoms with Crippen LogP contribution < -0.4 is 10.8 Å². The van der Waals surface area contributed by atoms with Crippen LogP contribution in [0, 0.1) is 0 Å². The second-order valence-electron chi connectivity index (χ2n) is 2.50. The van der Waals surface area contributed by atoms with E-state index in [0.29, 0.717) is 5.57 Å². The van der Waals surface area contributed by atoms with Gasteiger partial charge in [0, 0.05) is 0 Å². The van der Waals surface area contributed by atoms with Crippen molar-refractivity contribution in [2.75, 3.05) is 0 Å². The molecule has 0 aliphatic heterocycles. The third kappa shape index (κ3) is 4.65. The summed E-state index contributed by atoms with van der Waals surface area (Å²) in [6, 6.07) is 10.0. The van der Waals surface area contributed by atoms with E-state index in [1.54, 1.807) is 24.3 Å². The summed E-state index contributed by atoms with van der Waals surface area (Å²) >= 11 is 0. The average molecular weight is 229 g/mol. The third-order valence-electron chi connectivity index (χ3n) is 1.50. The van der Waals surface area contributed by atoms with E-state index in [1.807, 2.05) is 30.3 Å². The minimum atomic E-state index is -0.366. The van der Waals surface area contributed by atoms with E-state index < -0.39 is 0 Å². The number of rotatable bonds is 0. The van der Waals surface area contributed by atoms with Crippen LogP contribution in [0.15, 0.2) is 66.1 Å². The summed E-state index contributed by atoms with van der Waals surface area (Å²) in [6.07, 6.45) is 6.92. The molecule has 1 aromatic carbocycles. The van der Waals surface area contributed by atoms with Crippen LogP contribution >= 0.6 is 0 Å². The van der Waals surface area contributed by atoms with Crippen molar-refractivity contribution in [1.29, 1.82) is 0 Å². The van der Waals surface area contributed by atoms with Crippen LogP contribution in [-0.4, -0.2) is 0 Å². The Kier molecular flexibility index (Phi) is 6.46. The van der Waals surface area contributed by atoms with E-state index in [-0.39, 0.29) is 23.0 Å². The van der Waals surface area contributed by atoms with Crippen molar-refractivity contribution in [3.05, 3.63) is 66.1 Å². The summed E-state index contributed by atoms with van der Waals surface area (Å²) in [6.45, 7) is 0. The quantitative estimate of drug-likeness (QED) is 0.410. The van der Waals surface area contributed by atoms with E-state index in [0.717, 1.165) is 0 Å². The third-order valence-corrected chi connectivity index (χ3v) is 1.50. The molecule has 0 amide bonds. The molecule has 74 valence electrons. The van der Waals surface area contributed by atoms with Gasteiger partial charge in [0.1, 0.15) is 0 Å². The van der Waals surface area contributed by atoms with E-state index >= 15 is 0 Å². The summed E-state index contributed by atoms with van der Waals surface area (Å²) < 4.78 is 0. The SMILES string of the molecule is NC([O-])=C1C=CC=C1.[Fe+2].c1cc[cH-]c1. The number of hydrogen-bond donors (Lipinski definition) is 1. The Morgan fingerprint density at radius 2 is 1.64 bits per heavy atom. The molecule has 0 spiro atoms. The molecule has 0 heterocycles. The molecule has 3 heteroatoms. The van der Waals surface area contributed by atoms with Crippen LogP contribution in [0.2, 0.25) is 0 Å². The van der Waals surface area contributed by atoms with Gasteiger partial charge in [0.25, 0.3) is 0 Å². The van der Waals surface area contributed by atoms with Gasteiger partial charge in [-0.1, -0.05) is 24.3 Å². The first-order valence-corrected chi connectivity index (χ1v) is 3.99. The summed E-state index contributed by atoms with van der Waals surface area (Å²) in [5.41, 5.74) is 5.49. The summed E-state index contributed by atoms with van der Waals surface area (Å²) in [5, 5.41) is 10.3. The molecule has 2 rings (SSSR count). The molecule has 2 nitrogen and oxygen atoms in total. The number of allylic oxidation sites excluding steroid dienone is 5. The molecular formula is C11H11FeNO. The van der Waals surface area contributed by atoms with E-state index in [1.165, 1.54) is 0 Å². The van der Waals surface area contributed by atoms with E-state index in [9.17, 15) is 5.11 Å². The molecule has 14 heavy (non-hydrogen) atoms. The largest absolute Gasteiger partial charge is 2.00 e. The maximum atomic E-state index is 10.3. The van der Waals surface area contributed by atoms with Crippen molar-refractivity contribution in [1.82, 2.24) is 0 Å². The molecule has 1 aliphatic carbocycles. The van der Waals surface area contributed by atoms with Crippen LogP contribution in [0.5, 0.6) is 0 Å². The van der Waals surface area contributed by atoms with Gasteiger partial charge in [0.05, 0.1) is 0 Å². The van der Waals surface area contributed by atoms with Crippen LogP contribution in [0.4, 0.5) is 0 Å². The van der Waals surface area contributed by atoms with Gasteiger partial charge in [0.2, 0.25) is 0 Å². The molecule has 0 unspecified atom stereocenters. The molecule has 1 aliphatic rings. The molecule has 1 aromatic rings. The monoisotopic (exact) mass is 229 g/mol. The van der Waals surface area contributed by atoms with Gasteiger partial charge in [-0.25, -0.2) is 12.1 Å². The first-order chi connectivity index (χ1) is 6.30. The Labute approximate surface area is 94.3 Å². The first-order valence-electron chi connectivity index (χ1n) is 3.99. The smallest absolute Gasteiger partial charge is 0.860 e. The average Bonchev–Trinajstić information content (AvgIpc) is 2.82.